The Hall–Kier alpha value is -2.42. The standard InChI is InChI=1S/C46H74O3/c1-27(2)17-35-25-43(41(23-33(13)14)39(21-31(9)10)37(35)19-29(5)6)45(47)49-46(48)44-26-36(18-28(3)4)38(20-30(7)8)40(22-32(11)12)42(44)24-34(15)16/h25-34H,17-24H2,1-16H3. The van der Waals surface area contributed by atoms with Crippen LogP contribution < -0.4 is 0 Å². The Morgan fingerprint density at radius 3 is 0.837 bits per heavy atom. The second-order valence-electron chi connectivity index (χ2n) is 18.5. The van der Waals surface area contributed by atoms with Crippen molar-refractivity contribution in [2.45, 2.75) is 162 Å². The lowest BCUT2D eigenvalue weighted by molar-refractivity contribution is 0.0395. The molecule has 0 saturated heterocycles. The second-order valence-corrected chi connectivity index (χ2v) is 18.5. The zero-order valence-corrected chi connectivity index (χ0v) is 34.7. The molecule has 0 atom stereocenters. The van der Waals surface area contributed by atoms with E-state index in [-0.39, 0.29) is 0 Å². The third-order valence-electron chi connectivity index (χ3n) is 9.08. The second kappa shape index (κ2) is 19.3. The molecule has 0 unspecified atom stereocenters. The molecule has 3 nitrogen and oxygen atoms in total. The zero-order valence-electron chi connectivity index (χ0n) is 34.7. The molecule has 2 aromatic carbocycles. The largest absolute Gasteiger partial charge is 0.386 e. The summed E-state index contributed by atoms with van der Waals surface area (Å²) >= 11 is 0. The first-order valence-corrected chi connectivity index (χ1v) is 19.8. The Kier molecular flexibility index (Phi) is 16.8. The smallest absolute Gasteiger partial charge is 0.346 e. The molecule has 0 aliphatic rings. The van der Waals surface area contributed by atoms with Gasteiger partial charge in [0.05, 0.1) is 11.1 Å². The molecule has 2 rings (SSSR count). The highest BCUT2D eigenvalue weighted by Gasteiger charge is 2.29. The number of carbonyl (C=O) groups excluding carboxylic acids is 2. The number of rotatable bonds is 18. The maximum Gasteiger partial charge on any atom is 0.346 e. The molecule has 0 spiro atoms. The summed E-state index contributed by atoms with van der Waals surface area (Å²) in [5.41, 5.74) is 11.3. The lowest BCUT2D eigenvalue weighted by Crippen LogP contribution is -2.22. The Labute approximate surface area is 302 Å². The molecule has 0 amide bonds. The molecule has 0 aliphatic carbocycles. The van der Waals surface area contributed by atoms with Gasteiger partial charge in [0, 0.05) is 0 Å². The van der Waals surface area contributed by atoms with E-state index in [0.717, 1.165) is 62.5 Å². The minimum absolute atomic E-state index is 0.361. The molecule has 0 radical (unpaired) electrons. The molecule has 49 heavy (non-hydrogen) atoms. The number of benzene rings is 2. The van der Waals surface area contributed by atoms with Crippen LogP contribution in [0.2, 0.25) is 0 Å². The van der Waals surface area contributed by atoms with Crippen LogP contribution in [0, 0.1) is 47.3 Å². The van der Waals surface area contributed by atoms with Crippen molar-refractivity contribution in [3.05, 3.63) is 67.8 Å². The van der Waals surface area contributed by atoms with Crippen LogP contribution in [0.25, 0.3) is 0 Å². The molecule has 0 bridgehead atoms. The van der Waals surface area contributed by atoms with Crippen molar-refractivity contribution < 1.29 is 14.3 Å². The van der Waals surface area contributed by atoms with Crippen molar-refractivity contribution in [2.24, 2.45) is 47.3 Å². The first-order chi connectivity index (χ1) is 22.7. The number of carbonyl (C=O) groups is 2. The summed E-state index contributed by atoms with van der Waals surface area (Å²) in [6, 6.07) is 4.20. The molecule has 0 aliphatic heterocycles. The van der Waals surface area contributed by atoms with Gasteiger partial charge in [0.15, 0.2) is 0 Å². The van der Waals surface area contributed by atoms with Gasteiger partial charge in [-0.05, 0) is 155 Å². The third-order valence-corrected chi connectivity index (χ3v) is 9.08. The van der Waals surface area contributed by atoms with Crippen molar-refractivity contribution in [2.75, 3.05) is 0 Å². The highest BCUT2D eigenvalue weighted by molar-refractivity contribution is 6.04. The Morgan fingerprint density at radius 2 is 0.592 bits per heavy atom. The predicted octanol–water partition coefficient (Wildman–Crippen LogP) is 12.3. The van der Waals surface area contributed by atoms with Crippen LogP contribution in [0.15, 0.2) is 12.1 Å². The van der Waals surface area contributed by atoms with Crippen molar-refractivity contribution in [1.82, 2.24) is 0 Å². The quantitative estimate of drug-likeness (QED) is 0.117. The SMILES string of the molecule is CC(C)Cc1cc(C(=O)OC(=O)c2cc(CC(C)C)c(CC(C)C)c(CC(C)C)c2CC(C)C)c(CC(C)C)c(CC(C)C)c1CC(C)C. The molecule has 276 valence electrons. The summed E-state index contributed by atoms with van der Waals surface area (Å²) in [5.74, 6) is 2.51. The summed E-state index contributed by atoms with van der Waals surface area (Å²) in [4.78, 5) is 28.9. The summed E-state index contributed by atoms with van der Waals surface area (Å²) < 4.78 is 6.07. The van der Waals surface area contributed by atoms with Gasteiger partial charge < -0.3 is 4.74 Å². The summed E-state index contributed by atoms with van der Waals surface area (Å²) in [6.45, 7) is 36.0. The van der Waals surface area contributed by atoms with E-state index in [9.17, 15) is 9.59 Å². The third kappa shape index (κ3) is 13.0. The van der Waals surface area contributed by atoms with Gasteiger partial charge in [-0.25, -0.2) is 9.59 Å². The Bertz CT molecular complexity index is 1280. The zero-order chi connectivity index (χ0) is 37.3. The maximum atomic E-state index is 14.5. The molecule has 0 N–H and O–H groups in total. The summed E-state index contributed by atoms with van der Waals surface area (Å²) in [7, 11) is 0. The number of hydrogen-bond acceptors (Lipinski definition) is 3. The first-order valence-electron chi connectivity index (χ1n) is 19.8. The van der Waals surface area contributed by atoms with Crippen LogP contribution in [0.1, 0.15) is 176 Å². The predicted molar refractivity (Wildman–Crippen MR) is 211 cm³/mol. The Balaban J connectivity index is 2.91. The van der Waals surface area contributed by atoms with Gasteiger partial charge in [-0.15, -0.1) is 0 Å². The van der Waals surface area contributed by atoms with E-state index in [1.54, 1.807) is 0 Å². The average molecular weight is 675 g/mol. The minimum Gasteiger partial charge on any atom is -0.386 e. The van der Waals surface area contributed by atoms with Crippen LogP contribution in [-0.4, -0.2) is 11.9 Å². The van der Waals surface area contributed by atoms with Gasteiger partial charge in [0.2, 0.25) is 0 Å². The molecular formula is C46H74O3. The van der Waals surface area contributed by atoms with Crippen LogP contribution in [-0.2, 0) is 56.1 Å². The van der Waals surface area contributed by atoms with Crippen molar-refractivity contribution >= 4 is 11.9 Å². The van der Waals surface area contributed by atoms with Gasteiger partial charge >= 0.3 is 11.9 Å². The minimum atomic E-state index is -0.496. The summed E-state index contributed by atoms with van der Waals surface area (Å²) in [6.07, 6.45) is 7.17. The normalized spacial score (nSPS) is 12.3. The van der Waals surface area contributed by atoms with Gasteiger partial charge in [-0.3, -0.25) is 0 Å². The number of ether oxygens (including phenoxy) is 1. The van der Waals surface area contributed by atoms with Crippen LogP contribution in [0.4, 0.5) is 0 Å². The van der Waals surface area contributed by atoms with Crippen LogP contribution >= 0.6 is 0 Å². The van der Waals surface area contributed by atoms with E-state index in [4.69, 9.17) is 4.74 Å². The lowest BCUT2D eigenvalue weighted by atomic mass is 9.79. The van der Waals surface area contributed by atoms with Gasteiger partial charge in [-0.2, -0.15) is 0 Å². The van der Waals surface area contributed by atoms with Crippen LogP contribution in [0.5, 0.6) is 0 Å². The van der Waals surface area contributed by atoms with Crippen molar-refractivity contribution in [3.63, 3.8) is 0 Å². The molecule has 0 saturated carbocycles. The number of hydrogen-bond donors (Lipinski definition) is 0. The van der Waals surface area contributed by atoms with Gasteiger partial charge in [0.1, 0.15) is 0 Å². The monoisotopic (exact) mass is 675 g/mol. The first kappa shape index (κ1) is 42.7. The molecule has 2 aromatic rings. The van der Waals surface area contributed by atoms with E-state index < -0.39 is 11.9 Å². The average Bonchev–Trinajstić information content (AvgIpc) is 2.92. The fourth-order valence-corrected chi connectivity index (χ4v) is 7.49. The van der Waals surface area contributed by atoms with E-state index in [1.165, 1.54) is 33.4 Å². The molecular weight excluding hydrogens is 601 g/mol. The van der Waals surface area contributed by atoms with Gasteiger partial charge in [-0.1, -0.05) is 111 Å². The van der Waals surface area contributed by atoms with Crippen molar-refractivity contribution in [3.8, 4) is 0 Å². The highest BCUT2D eigenvalue weighted by atomic mass is 16.6. The van der Waals surface area contributed by atoms with E-state index in [2.05, 4.69) is 123 Å². The van der Waals surface area contributed by atoms with Crippen molar-refractivity contribution in [1.29, 1.82) is 0 Å². The van der Waals surface area contributed by atoms with Gasteiger partial charge in [0.25, 0.3) is 0 Å². The van der Waals surface area contributed by atoms with E-state index >= 15 is 0 Å². The molecule has 0 aromatic heterocycles. The molecule has 3 heteroatoms. The maximum absolute atomic E-state index is 14.5. The molecule has 0 fully saturated rings. The highest BCUT2D eigenvalue weighted by Crippen LogP contribution is 2.35. The Morgan fingerprint density at radius 1 is 0.367 bits per heavy atom. The molecule has 0 heterocycles. The topological polar surface area (TPSA) is 43.4 Å². The fourth-order valence-electron chi connectivity index (χ4n) is 7.49. The fraction of sp³-hybridized carbons (Fsp3) is 0.696. The van der Waals surface area contributed by atoms with Crippen LogP contribution in [0.3, 0.4) is 0 Å². The van der Waals surface area contributed by atoms with E-state index in [1.807, 2.05) is 0 Å². The number of esters is 2. The summed E-state index contributed by atoms with van der Waals surface area (Å²) in [5, 5.41) is 0. The van der Waals surface area contributed by atoms with E-state index in [0.29, 0.717) is 58.5 Å². The lowest BCUT2D eigenvalue weighted by Gasteiger charge is -2.27.